The van der Waals surface area contributed by atoms with Gasteiger partial charge in [-0.15, -0.1) is 12.3 Å². The molecule has 0 aromatic carbocycles. The Labute approximate surface area is 194 Å². The highest BCUT2D eigenvalue weighted by molar-refractivity contribution is 6.73. The Bertz CT molecular complexity index is 651. The van der Waals surface area contributed by atoms with Gasteiger partial charge in [0.15, 0.2) is 11.6 Å². The van der Waals surface area contributed by atoms with Gasteiger partial charge in [0.2, 0.25) is 8.32 Å². The van der Waals surface area contributed by atoms with Crippen molar-refractivity contribution in [1.29, 1.82) is 0 Å². The molecule has 9 heteroatoms. The zero-order valence-corrected chi connectivity index (χ0v) is 22.4. The highest BCUT2D eigenvalue weighted by Gasteiger charge is 2.54. The van der Waals surface area contributed by atoms with Gasteiger partial charge in [0.05, 0.1) is 6.61 Å². The van der Waals surface area contributed by atoms with Crippen LogP contribution in [0.2, 0.25) is 18.1 Å². The fourth-order valence-electron chi connectivity index (χ4n) is 3.42. The predicted octanol–water partition coefficient (Wildman–Crippen LogP) is 3.99. The van der Waals surface area contributed by atoms with E-state index in [1.54, 1.807) is 7.11 Å². The van der Waals surface area contributed by atoms with E-state index in [0.717, 1.165) is 0 Å². The topological polar surface area (TPSA) is 73.8 Å². The number of hydrogen-bond donors (Lipinski definition) is 0. The second kappa shape index (κ2) is 10.4. The number of methoxy groups -OCH3 is 1. The molecule has 0 aromatic heterocycles. The van der Waals surface area contributed by atoms with Crippen LogP contribution in [0.4, 0.5) is 0 Å². The average Bonchev–Trinajstić information content (AvgIpc) is 3.16. The molecule has 32 heavy (non-hydrogen) atoms. The monoisotopic (exact) mass is 474 g/mol. The van der Waals surface area contributed by atoms with Crippen LogP contribution >= 0.6 is 0 Å². The van der Waals surface area contributed by atoms with Gasteiger partial charge < -0.3 is 28.4 Å². The lowest BCUT2D eigenvalue weighted by atomic mass is 9.98. The van der Waals surface area contributed by atoms with E-state index in [0.29, 0.717) is 13.0 Å². The molecule has 2 heterocycles. The summed E-state index contributed by atoms with van der Waals surface area (Å²) in [7, 11) is -0.614. The molecule has 0 aromatic rings. The van der Waals surface area contributed by atoms with Crippen LogP contribution in [0.15, 0.2) is 0 Å². The van der Waals surface area contributed by atoms with Gasteiger partial charge in [-0.25, -0.2) is 4.89 Å². The fraction of sp³-hybridized carbons (Fsp3) is 0.913. The first-order chi connectivity index (χ1) is 14.6. The molecule has 0 radical (unpaired) electrons. The molecule has 8 nitrogen and oxygen atoms in total. The Morgan fingerprint density at radius 2 is 1.69 bits per heavy atom. The van der Waals surface area contributed by atoms with E-state index in [1.807, 2.05) is 27.7 Å². The zero-order valence-electron chi connectivity index (χ0n) is 21.4. The maximum absolute atomic E-state index is 6.30. The summed E-state index contributed by atoms with van der Waals surface area (Å²) in [5.41, 5.74) is 0. The number of ether oxygens (including phenoxy) is 6. The Hall–Kier alpha value is -0.543. The molecule has 2 fully saturated rings. The Morgan fingerprint density at radius 1 is 1.06 bits per heavy atom. The standard InChI is InChI=1S/C23H42O8Si/c1-12-13-16(30-31-32(10,11)21(2,3)4)19-20(29-23(7,8)28-19)18(25-15-24-9)17-14-26-22(5,6)27-17/h1,16-20H,13-15H2,2-11H3/t16-,17-,18-,19-,20+/m1/s1. The molecule has 0 spiro atoms. The minimum Gasteiger partial charge on any atom is -0.359 e. The lowest BCUT2D eigenvalue weighted by molar-refractivity contribution is -0.285. The van der Waals surface area contributed by atoms with E-state index in [9.17, 15) is 0 Å². The highest BCUT2D eigenvalue weighted by atomic mass is 28.4. The second-order valence-electron chi connectivity index (χ2n) is 10.9. The summed E-state index contributed by atoms with van der Waals surface area (Å²) in [5.74, 6) is 1.10. The summed E-state index contributed by atoms with van der Waals surface area (Å²) in [6.45, 7) is 18.5. The third kappa shape index (κ3) is 6.98. The molecule has 0 bridgehead atoms. The molecular weight excluding hydrogens is 432 g/mol. The van der Waals surface area contributed by atoms with Crippen molar-refractivity contribution in [2.24, 2.45) is 0 Å². The van der Waals surface area contributed by atoms with Gasteiger partial charge in [0.1, 0.15) is 37.3 Å². The lowest BCUT2D eigenvalue weighted by Gasteiger charge is -2.37. The van der Waals surface area contributed by atoms with Gasteiger partial charge in [0.25, 0.3) is 0 Å². The molecule has 5 atom stereocenters. The largest absolute Gasteiger partial charge is 0.359 e. The molecule has 2 rings (SSSR count). The lowest BCUT2D eigenvalue weighted by Crippen LogP contribution is -2.51. The van der Waals surface area contributed by atoms with E-state index in [1.165, 1.54) is 0 Å². The van der Waals surface area contributed by atoms with Crippen molar-refractivity contribution < 1.29 is 37.9 Å². The highest BCUT2D eigenvalue weighted by Crippen LogP contribution is 2.40. The van der Waals surface area contributed by atoms with Crippen LogP contribution in [0.1, 0.15) is 54.9 Å². The smallest absolute Gasteiger partial charge is 0.238 e. The summed E-state index contributed by atoms with van der Waals surface area (Å²) < 4.78 is 41.7. The molecular formula is C23H42O8Si. The average molecular weight is 475 g/mol. The first kappa shape index (κ1) is 27.7. The van der Waals surface area contributed by atoms with Crippen molar-refractivity contribution in [2.75, 3.05) is 20.5 Å². The third-order valence-electron chi connectivity index (χ3n) is 6.13. The zero-order chi connectivity index (χ0) is 24.4. The first-order valence-electron chi connectivity index (χ1n) is 11.2. The molecule has 186 valence electrons. The molecule has 0 unspecified atom stereocenters. The van der Waals surface area contributed by atoms with Crippen LogP contribution in [-0.4, -0.2) is 70.9 Å². The Kier molecular flexibility index (Phi) is 8.99. The van der Waals surface area contributed by atoms with Crippen LogP contribution in [0.3, 0.4) is 0 Å². The van der Waals surface area contributed by atoms with Crippen molar-refractivity contribution >= 4 is 8.32 Å². The maximum Gasteiger partial charge on any atom is 0.238 e. The third-order valence-corrected chi connectivity index (χ3v) is 10.3. The summed E-state index contributed by atoms with van der Waals surface area (Å²) in [5, 5.41) is -0.0237. The quantitative estimate of drug-likeness (QED) is 0.155. The van der Waals surface area contributed by atoms with E-state index >= 15 is 0 Å². The number of rotatable bonds is 10. The minimum absolute atomic E-state index is 0.0237. The van der Waals surface area contributed by atoms with E-state index in [4.69, 9.17) is 44.3 Å². The van der Waals surface area contributed by atoms with Crippen LogP contribution in [0, 0.1) is 12.3 Å². The van der Waals surface area contributed by atoms with Gasteiger partial charge in [0, 0.05) is 13.5 Å². The van der Waals surface area contributed by atoms with E-state index in [2.05, 4.69) is 39.8 Å². The molecule has 2 aliphatic rings. The molecule has 2 saturated heterocycles. The van der Waals surface area contributed by atoms with Crippen molar-refractivity contribution in [3.8, 4) is 12.3 Å². The van der Waals surface area contributed by atoms with Crippen molar-refractivity contribution in [3.63, 3.8) is 0 Å². The normalized spacial score (nSPS) is 29.6. The summed E-state index contributed by atoms with van der Waals surface area (Å²) in [6, 6.07) is 0. The maximum atomic E-state index is 6.30. The minimum atomic E-state index is -2.18. The van der Waals surface area contributed by atoms with Crippen molar-refractivity contribution in [1.82, 2.24) is 0 Å². The summed E-state index contributed by atoms with van der Waals surface area (Å²) in [6.07, 6.45) is 3.44. The molecule has 0 aliphatic carbocycles. The van der Waals surface area contributed by atoms with Gasteiger partial charge in [-0.1, -0.05) is 20.8 Å². The first-order valence-corrected chi connectivity index (χ1v) is 14.1. The number of hydrogen-bond acceptors (Lipinski definition) is 8. The van der Waals surface area contributed by atoms with Gasteiger partial charge in [-0.3, -0.25) is 4.58 Å². The van der Waals surface area contributed by atoms with Crippen LogP contribution < -0.4 is 0 Å². The van der Waals surface area contributed by atoms with E-state index < -0.39 is 44.3 Å². The van der Waals surface area contributed by atoms with Crippen molar-refractivity contribution in [2.45, 2.75) is 115 Å². The SMILES string of the molecule is C#CC[C@@H](OO[Si](C)(C)C(C)(C)C)[C@H]1OC(C)(C)O[C@H]1[C@H](OCOC)[C@H]1COC(C)(C)O1. The predicted molar refractivity (Wildman–Crippen MR) is 122 cm³/mol. The molecule has 0 saturated carbocycles. The van der Waals surface area contributed by atoms with Gasteiger partial charge in [-0.2, -0.15) is 0 Å². The van der Waals surface area contributed by atoms with Crippen LogP contribution in [-0.2, 0) is 37.9 Å². The fourth-order valence-corrected chi connectivity index (χ4v) is 4.04. The Morgan fingerprint density at radius 3 is 2.19 bits per heavy atom. The molecule has 2 aliphatic heterocycles. The summed E-state index contributed by atoms with van der Waals surface area (Å²) in [4.78, 5) is 5.99. The van der Waals surface area contributed by atoms with Gasteiger partial charge in [-0.05, 0) is 45.8 Å². The van der Waals surface area contributed by atoms with Crippen molar-refractivity contribution in [3.05, 3.63) is 0 Å². The second-order valence-corrected chi connectivity index (χ2v) is 15.5. The number of terminal acetylenes is 1. The van der Waals surface area contributed by atoms with Gasteiger partial charge >= 0.3 is 0 Å². The Balaban J connectivity index is 2.28. The molecule has 0 N–H and O–H groups in total. The van der Waals surface area contributed by atoms with E-state index in [-0.39, 0.29) is 17.9 Å². The molecule has 0 amide bonds. The van der Waals surface area contributed by atoms with Crippen LogP contribution in [0.25, 0.3) is 0 Å². The van der Waals surface area contributed by atoms with Crippen LogP contribution in [0.5, 0.6) is 0 Å². The summed E-state index contributed by atoms with van der Waals surface area (Å²) >= 11 is 0.